The Morgan fingerprint density at radius 1 is 0.976 bits per heavy atom. The molecule has 3 aliphatic heterocycles. The van der Waals surface area contributed by atoms with Gasteiger partial charge in [-0.2, -0.15) is 0 Å². The fourth-order valence-corrected chi connectivity index (χ4v) is 10.7. The molecule has 0 spiro atoms. The van der Waals surface area contributed by atoms with Gasteiger partial charge in [-0.25, -0.2) is 4.72 Å². The highest BCUT2D eigenvalue weighted by Gasteiger charge is 2.49. The highest BCUT2D eigenvalue weighted by molar-refractivity contribution is 7.98. The summed E-state index contributed by atoms with van der Waals surface area (Å²) >= 11 is 1.98. The van der Waals surface area contributed by atoms with E-state index in [1.807, 2.05) is 11.9 Å². The largest absolute Gasteiger partial charge is 0.358 e. The summed E-state index contributed by atoms with van der Waals surface area (Å²) in [5.74, 6) is 3.72. The van der Waals surface area contributed by atoms with Crippen molar-refractivity contribution >= 4 is 11.9 Å². The first-order valence-electron chi connectivity index (χ1n) is 17.4. The third-order valence-electron chi connectivity index (χ3n) is 11.7. The summed E-state index contributed by atoms with van der Waals surface area (Å²) in [5, 5.41) is 8.58. The van der Waals surface area contributed by atoms with Gasteiger partial charge in [-0.1, -0.05) is 71.2 Å². The third kappa shape index (κ3) is 6.94. The lowest BCUT2D eigenvalue weighted by Crippen LogP contribution is -2.65. The molecule has 5 fully saturated rings. The lowest BCUT2D eigenvalue weighted by atomic mass is 9.61. The minimum Gasteiger partial charge on any atom is -0.358 e. The van der Waals surface area contributed by atoms with Gasteiger partial charge in [0.15, 0.2) is 0 Å². The number of hydrogen-bond acceptors (Lipinski definition) is 6. The van der Waals surface area contributed by atoms with Gasteiger partial charge >= 0.3 is 0 Å². The van der Waals surface area contributed by atoms with Crippen LogP contribution in [0.1, 0.15) is 115 Å². The van der Waals surface area contributed by atoms with Gasteiger partial charge in [-0.3, -0.25) is 15.5 Å². The van der Waals surface area contributed by atoms with Gasteiger partial charge in [0.25, 0.3) is 0 Å². The average molecular weight is 597 g/mol. The third-order valence-corrected chi connectivity index (χ3v) is 12.8. The molecule has 0 amide bonds. The predicted octanol–water partition coefficient (Wildman–Crippen LogP) is 7.54. The Kier molecular flexibility index (Phi) is 9.71. The first-order chi connectivity index (χ1) is 20.0. The standard InChI is InChI=1S/C36H60N4OS/c1-22(2)16-31-34-29-15-14-27(36(5,6)7)18-26(29)21-40(31)20-25-12-9-13-28(17-25)42-39-35-37-30(19-32(38-35)41-34)33-23(3)10-8-11-24(33)4/h8,10-11,22,25-32,34-35,37-39H,9,12-21H2,1-7H3/t25?,26?,27?,28?,29?,30?,31-,32?,34-,35?/m1/s1. The van der Waals surface area contributed by atoms with Crippen molar-refractivity contribution in [1.82, 2.24) is 20.3 Å². The number of nitrogens with one attached hydrogen (secondary N) is 3. The molecule has 6 heteroatoms. The molecule has 6 rings (SSSR count). The molecule has 3 N–H and O–H groups in total. The molecule has 1 aromatic carbocycles. The summed E-state index contributed by atoms with van der Waals surface area (Å²) in [5.41, 5.74) is 4.62. The fourth-order valence-electron chi connectivity index (χ4n) is 9.54. The number of nitrogens with zero attached hydrogens (tertiary/aromatic N) is 1. The molecule has 11 atom stereocenters. The van der Waals surface area contributed by atoms with Gasteiger partial charge in [0.1, 0.15) is 12.5 Å². The van der Waals surface area contributed by atoms with Gasteiger partial charge in [0.2, 0.25) is 0 Å². The zero-order valence-corrected chi connectivity index (χ0v) is 28.4. The Balaban J connectivity index is 1.35. The van der Waals surface area contributed by atoms with Crippen LogP contribution >= 0.6 is 11.9 Å². The zero-order valence-electron chi connectivity index (χ0n) is 27.6. The Hall–Kier alpha value is -0.630. The maximum absolute atomic E-state index is 7.51. The average Bonchev–Trinajstić information content (AvgIpc) is 2.92. The number of hydrogen-bond donors (Lipinski definition) is 3. The molecule has 0 radical (unpaired) electrons. The van der Waals surface area contributed by atoms with Crippen LogP contribution in [0, 0.1) is 48.9 Å². The van der Waals surface area contributed by atoms with Gasteiger partial charge < -0.3 is 4.74 Å². The Bertz CT molecular complexity index is 1040. The van der Waals surface area contributed by atoms with Crippen LogP contribution < -0.4 is 15.4 Å². The van der Waals surface area contributed by atoms with Crippen LogP contribution in [-0.2, 0) is 4.74 Å². The van der Waals surface area contributed by atoms with E-state index in [-0.39, 0.29) is 18.6 Å². The molecule has 5 aliphatic rings. The van der Waals surface area contributed by atoms with Crippen LogP contribution in [0.15, 0.2) is 18.2 Å². The van der Waals surface area contributed by atoms with E-state index in [4.69, 9.17) is 4.74 Å². The second kappa shape index (κ2) is 13.0. The molecular weight excluding hydrogens is 536 g/mol. The van der Waals surface area contributed by atoms with E-state index in [0.717, 1.165) is 24.2 Å². The summed E-state index contributed by atoms with van der Waals surface area (Å²) in [7, 11) is 0. The number of fused-ring (bicyclic) bond motifs is 8. The molecule has 5 nitrogen and oxygen atoms in total. The summed E-state index contributed by atoms with van der Waals surface area (Å²) in [4.78, 5) is 2.97. The number of aryl methyl sites for hydroxylation is 2. The van der Waals surface area contributed by atoms with E-state index in [9.17, 15) is 0 Å². The van der Waals surface area contributed by atoms with Crippen molar-refractivity contribution in [3.63, 3.8) is 0 Å². The maximum Gasteiger partial charge on any atom is 0.123 e. The Morgan fingerprint density at radius 2 is 1.76 bits per heavy atom. The van der Waals surface area contributed by atoms with Gasteiger partial charge in [-0.05, 0) is 110 Å². The van der Waals surface area contributed by atoms with Gasteiger partial charge in [0.05, 0.1) is 6.10 Å². The first kappa shape index (κ1) is 31.4. The van der Waals surface area contributed by atoms with Crippen molar-refractivity contribution in [2.24, 2.45) is 35.0 Å². The summed E-state index contributed by atoms with van der Waals surface area (Å²) in [6.45, 7) is 19.4. The lowest BCUT2D eigenvalue weighted by molar-refractivity contribution is -0.167. The fraction of sp³-hybridized carbons (Fsp3) is 0.833. The maximum atomic E-state index is 7.51. The molecular formula is C36H60N4OS. The highest BCUT2D eigenvalue weighted by atomic mass is 32.2. The van der Waals surface area contributed by atoms with Crippen LogP contribution in [0.25, 0.3) is 0 Å². The van der Waals surface area contributed by atoms with Crippen LogP contribution in [0.4, 0.5) is 0 Å². The molecule has 42 heavy (non-hydrogen) atoms. The van der Waals surface area contributed by atoms with Gasteiger partial charge in [0, 0.05) is 36.8 Å². The van der Waals surface area contributed by atoms with Crippen LogP contribution in [-0.4, -0.2) is 47.9 Å². The molecule has 6 bridgehead atoms. The van der Waals surface area contributed by atoms with E-state index in [1.54, 1.807) is 0 Å². The number of piperidine rings is 1. The summed E-state index contributed by atoms with van der Waals surface area (Å²) in [6, 6.07) is 7.55. The molecule has 9 unspecified atom stereocenters. The van der Waals surface area contributed by atoms with Crippen molar-refractivity contribution in [1.29, 1.82) is 0 Å². The number of rotatable bonds is 3. The van der Waals surface area contributed by atoms with Crippen molar-refractivity contribution in [3.05, 3.63) is 34.9 Å². The number of ether oxygens (including phenoxy) is 1. The van der Waals surface area contributed by atoms with Crippen molar-refractivity contribution < 1.29 is 4.74 Å². The minimum absolute atomic E-state index is 0.0362. The lowest BCUT2D eigenvalue weighted by Gasteiger charge is -2.55. The normalized spacial score (nSPS) is 41.3. The van der Waals surface area contributed by atoms with Crippen molar-refractivity contribution in [3.8, 4) is 0 Å². The summed E-state index contributed by atoms with van der Waals surface area (Å²) < 4.78 is 11.4. The molecule has 3 saturated heterocycles. The summed E-state index contributed by atoms with van der Waals surface area (Å²) in [6.07, 6.45) is 12.1. The molecule has 236 valence electrons. The van der Waals surface area contributed by atoms with E-state index < -0.39 is 0 Å². The molecule has 2 aliphatic carbocycles. The van der Waals surface area contributed by atoms with Crippen molar-refractivity contribution in [2.75, 3.05) is 13.1 Å². The smallest absolute Gasteiger partial charge is 0.123 e. The number of benzene rings is 1. The predicted molar refractivity (Wildman–Crippen MR) is 177 cm³/mol. The molecule has 2 saturated carbocycles. The Morgan fingerprint density at radius 3 is 2.50 bits per heavy atom. The molecule has 3 heterocycles. The van der Waals surface area contributed by atoms with Crippen LogP contribution in [0.3, 0.4) is 0 Å². The SMILES string of the molecule is Cc1cccc(C)c1C1CC2NC(NSC3CCCC(C3)CN3CC4CC(C(C)(C)C)CCC4[C@@H](O2)[C@H]3CC(C)C)N1. The second-order valence-corrected chi connectivity index (χ2v) is 17.4. The molecule has 0 aromatic heterocycles. The van der Waals surface area contributed by atoms with E-state index in [1.165, 1.54) is 81.1 Å². The quantitative estimate of drug-likeness (QED) is 0.314. The van der Waals surface area contributed by atoms with Gasteiger partial charge in [-0.15, -0.1) is 0 Å². The van der Waals surface area contributed by atoms with E-state index in [2.05, 4.69) is 86.9 Å². The van der Waals surface area contributed by atoms with E-state index >= 15 is 0 Å². The van der Waals surface area contributed by atoms with E-state index in [0.29, 0.717) is 34.6 Å². The Labute approximate surface area is 261 Å². The zero-order chi connectivity index (χ0) is 29.6. The first-order valence-corrected chi connectivity index (χ1v) is 18.3. The monoisotopic (exact) mass is 596 g/mol. The topological polar surface area (TPSA) is 48.6 Å². The second-order valence-electron chi connectivity index (χ2n) is 16.3. The van der Waals surface area contributed by atoms with Crippen molar-refractivity contribution in [2.45, 2.75) is 142 Å². The minimum atomic E-state index is 0.0362. The van der Waals surface area contributed by atoms with Crippen LogP contribution in [0.2, 0.25) is 0 Å². The molecule has 1 aromatic rings. The highest BCUT2D eigenvalue weighted by Crippen LogP contribution is 2.49. The van der Waals surface area contributed by atoms with Crippen LogP contribution in [0.5, 0.6) is 0 Å².